The Morgan fingerprint density at radius 2 is 1.63 bits per heavy atom. The van der Waals surface area contributed by atoms with Gasteiger partial charge in [-0.15, -0.1) is 0 Å². The molecule has 2 fully saturated rings. The fourth-order valence-electron chi connectivity index (χ4n) is 4.68. The van der Waals surface area contributed by atoms with E-state index in [0.717, 1.165) is 38.3 Å². The van der Waals surface area contributed by atoms with Crippen LogP contribution in [0.25, 0.3) is 0 Å². The molecule has 0 amide bonds. The Labute approximate surface area is 165 Å². The van der Waals surface area contributed by atoms with Crippen LogP contribution >= 0.6 is 0 Å². The minimum absolute atomic E-state index is 0.0874. The molecule has 152 valence electrons. The second kappa shape index (κ2) is 9.06. The number of rotatable bonds is 6. The van der Waals surface area contributed by atoms with Crippen LogP contribution in [-0.2, 0) is 9.84 Å². The lowest BCUT2D eigenvalue weighted by molar-refractivity contribution is 0.0895. The van der Waals surface area contributed by atoms with Crippen molar-refractivity contribution in [2.45, 2.75) is 57.4 Å². The molecule has 5 heteroatoms. The molecule has 0 radical (unpaired) electrons. The SMILES string of the molecule is Cc1ccc(S(=O)(=O)CC(CN2CCCC(C)C2)N2CCCC(C)C2)cc1. The van der Waals surface area contributed by atoms with Crippen LogP contribution < -0.4 is 0 Å². The van der Waals surface area contributed by atoms with Crippen molar-refractivity contribution in [3.05, 3.63) is 29.8 Å². The van der Waals surface area contributed by atoms with Gasteiger partial charge in [0.05, 0.1) is 10.6 Å². The van der Waals surface area contributed by atoms with E-state index >= 15 is 0 Å². The number of nitrogens with zero attached hydrogens (tertiary/aromatic N) is 2. The Kier molecular flexibility index (Phi) is 6.98. The molecular weight excluding hydrogens is 356 g/mol. The second-order valence-electron chi connectivity index (χ2n) is 9.00. The Morgan fingerprint density at radius 3 is 2.26 bits per heavy atom. The molecule has 2 aliphatic heterocycles. The number of aryl methyl sites for hydroxylation is 1. The third kappa shape index (κ3) is 5.78. The molecule has 0 aliphatic carbocycles. The molecule has 27 heavy (non-hydrogen) atoms. The molecule has 0 N–H and O–H groups in total. The highest BCUT2D eigenvalue weighted by atomic mass is 32.2. The molecule has 4 nitrogen and oxygen atoms in total. The van der Waals surface area contributed by atoms with Crippen molar-refractivity contribution in [1.82, 2.24) is 9.80 Å². The van der Waals surface area contributed by atoms with Crippen LogP contribution in [-0.4, -0.2) is 62.7 Å². The first-order valence-corrected chi connectivity index (χ1v) is 12.2. The van der Waals surface area contributed by atoms with Crippen LogP contribution in [0.15, 0.2) is 29.2 Å². The van der Waals surface area contributed by atoms with Gasteiger partial charge in [0.15, 0.2) is 9.84 Å². The maximum absolute atomic E-state index is 13.1. The molecule has 2 heterocycles. The number of piperidine rings is 2. The van der Waals surface area contributed by atoms with Crippen molar-refractivity contribution in [2.75, 3.05) is 38.5 Å². The summed E-state index contributed by atoms with van der Waals surface area (Å²) in [5, 5.41) is 0. The monoisotopic (exact) mass is 392 g/mol. The third-order valence-electron chi connectivity index (χ3n) is 6.21. The summed E-state index contributed by atoms with van der Waals surface area (Å²) >= 11 is 0. The predicted molar refractivity (Wildman–Crippen MR) is 112 cm³/mol. The van der Waals surface area contributed by atoms with Gasteiger partial charge in [-0.3, -0.25) is 4.90 Å². The van der Waals surface area contributed by atoms with E-state index in [1.807, 2.05) is 19.1 Å². The predicted octanol–water partition coefficient (Wildman–Crippen LogP) is 3.60. The molecule has 2 aliphatic rings. The normalized spacial score (nSPS) is 26.8. The van der Waals surface area contributed by atoms with Crippen molar-refractivity contribution in [3.8, 4) is 0 Å². The fraction of sp³-hybridized carbons (Fsp3) is 0.727. The lowest BCUT2D eigenvalue weighted by Gasteiger charge is -2.41. The molecule has 3 unspecified atom stereocenters. The van der Waals surface area contributed by atoms with Gasteiger partial charge < -0.3 is 4.90 Å². The highest BCUT2D eigenvalue weighted by Crippen LogP contribution is 2.23. The smallest absolute Gasteiger partial charge is 0.179 e. The van der Waals surface area contributed by atoms with Crippen molar-refractivity contribution >= 4 is 9.84 Å². The zero-order chi connectivity index (χ0) is 19.4. The summed E-state index contributed by atoms with van der Waals surface area (Å²) < 4.78 is 26.3. The van der Waals surface area contributed by atoms with Crippen LogP contribution in [0.5, 0.6) is 0 Å². The topological polar surface area (TPSA) is 40.6 Å². The summed E-state index contributed by atoms with van der Waals surface area (Å²) in [7, 11) is -3.28. The van der Waals surface area contributed by atoms with E-state index in [1.54, 1.807) is 12.1 Å². The van der Waals surface area contributed by atoms with Crippen molar-refractivity contribution < 1.29 is 8.42 Å². The number of sulfone groups is 1. The van der Waals surface area contributed by atoms with Crippen molar-refractivity contribution in [1.29, 1.82) is 0 Å². The fourth-order valence-corrected chi connectivity index (χ4v) is 6.24. The van der Waals surface area contributed by atoms with Crippen LogP contribution in [0.4, 0.5) is 0 Å². The summed E-state index contributed by atoms with van der Waals surface area (Å²) in [4.78, 5) is 5.43. The van der Waals surface area contributed by atoms with E-state index in [9.17, 15) is 8.42 Å². The standard InChI is InChI=1S/C22H36N2O2S/c1-18-8-10-22(11-9-18)27(25,26)17-21(24-13-5-7-20(3)15-24)16-23-12-4-6-19(2)14-23/h8-11,19-21H,4-7,12-17H2,1-3H3. The maximum Gasteiger partial charge on any atom is 0.179 e. The summed E-state index contributed by atoms with van der Waals surface area (Å²) in [5.41, 5.74) is 1.10. The van der Waals surface area contributed by atoms with E-state index in [1.165, 1.54) is 25.7 Å². The van der Waals surface area contributed by atoms with Gasteiger partial charge in [-0.05, 0) is 69.7 Å². The number of likely N-dealkylation sites (tertiary alicyclic amines) is 2. The molecule has 3 atom stereocenters. The number of hydrogen-bond donors (Lipinski definition) is 0. The molecule has 0 saturated carbocycles. The summed E-state index contributed by atoms with van der Waals surface area (Å²) in [6.07, 6.45) is 4.96. The molecule has 0 spiro atoms. The van der Waals surface area contributed by atoms with Gasteiger partial charge in [0.25, 0.3) is 0 Å². The largest absolute Gasteiger partial charge is 0.301 e. The maximum atomic E-state index is 13.1. The molecule has 1 aromatic rings. The summed E-state index contributed by atoms with van der Waals surface area (Å²) in [6.45, 7) is 11.7. The lowest BCUT2D eigenvalue weighted by atomic mass is 9.97. The van der Waals surface area contributed by atoms with Gasteiger partial charge in [0.1, 0.15) is 0 Å². The van der Waals surface area contributed by atoms with Crippen LogP contribution in [0.2, 0.25) is 0 Å². The van der Waals surface area contributed by atoms with Crippen molar-refractivity contribution in [2.24, 2.45) is 11.8 Å². The van der Waals surface area contributed by atoms with Gasteiger partial charge in [-0.2, -0.15) is 0 Å². The van der Waals surface area contributed by atoms with Crippen LogP contribution in [0.1, 0.15) is 45.1 Å². The molecule has 2 saturated heterocycles. The number of hydrogen-bond acceptors (Lipinski definition) is 4. The van der Waals surface area contributed by atoms with Gasteiger partial charge in [0.2, 0.25) is 0 Å². The average Bonchev–Trinajstić information content (AvgIpc) is 2.61. The Bertz CT molecular complexity index is 702. The van der Waals surface area contributed by atoms with Crippen molar-refractivity contribution in [3.63, 3.8) is 0 Å². The first-order valence-electron chi connectivity index (χ1n) is 10.6. The quantitative estimate of drug-likeness (QED) is 0.742. The first kappa shape index (κ1) is 20.8. The van der Waals surface area contributed by atoms with E-state index in [-0.39, 0.29) is 11.8 Å². The van der Waals surface area contributed by atoms with Gasteiger partial charge in [0, 0.05) is 25.7 Å². The van der Waals surface area contributed by atoms with Gasteiger partial charge in [-0.25, -0.2) is 8.42 Å². The minimum Gasteiger partial charge on any atom is -0.301 e. The Morgan fingerprint density at radius 1 is 1.00 bits per heavy atom. The summed E-state index contributed by atoms with van der Waals surface area (Å²) in [5.74, 6) is 1.60. The van der Waals surface area contributed by atoms with E-state index < -0.39 is 9.84 Å². The van der Waals surface area contributed by atoms with Crippen LogP contribution in [0, 0.1) is 18.8 Å². The highest BCUT2D eigenvalue weighted by Gasteiger charge is 2.31. The third-order valence-corrected chi connectivity index (χ3v) is 8.02. The molecule has 0 bridgehead atoms. The first-order chi connectivity index (χ1) is 12.8. The van der Waals surface area contributed by atoms with Gasteiger partial charge >= 0.3 is 0 Å². The molecule has 3 rings (SSSR count). The van der Waals surface area contributed by atoms with E-state index in [2.05, 4.69) is 23.6 Å². The zero-order valence-electron chi connectivity index (χ0n) is 17.2. The molecule has 1 aromatic carbocycles. The summed E-state index contributed by atoms with van der Waals surface area (Å²) in [6, 6.07) is 7.42. The Balaban J connectivity index is 1.76. The molecule has 0 aromatic heterocycles. The van der Waals surface area contributed by atoms with Crippen LogP contribution in [0.3, 0.4) is 0 Å². The average molecular weight is 393 g/mol. The van der Waals surface area contributed by atoms with Gasteiger partial charge in [-0.1, -0.05) is 31.5 Å². The minimum atomic E-state index is -3.28. The van der Waals surface area contributed by atoms with E-state index in [4.69, 9.17) is 0 Å². The number of benzene rings is 1. The van der Waals surface area contributed by atoms with E-state index in [0.29, 0.717) is 16.7 Å². The Hall–Kier alpha value is -0.910. The molecular formula is C22H36N2O2S. The highest BCUT2D eigenvalue weighted by molar-refractivity contribution is 7.91. The zero-order valence-corrected chi connectivity index (χ0v) is 18.0. The lowest BCUT2D eigenvalue weighted by Crippen LogP contribution is -2.52. The second-order valence-corrected chi connectivity index (χ2v) is 11.0.